The summed E-state index contributed by atoms with van der Waals surface area (Å²) in [5, 5.41) is 0. The van der Waals surface area contributed by atoms with E-state index < -0.39 is 0 Å². The fourth-order valence-electron chi connectivity index (χ4n) is 2.06. The van der Waals surface area contributed by atoms with E-state index in [9.17, 15) is 4.79 Å². The summed E-state index contributed by atoms with van der Waals surface area (Å²) >= 11 is 0. The molecule has 0 bridgehead atoms. The minimum Gasteiger partial charge on any atom is -0.467 e. The van der Waals surface area contributed by atoms with Crippen molar-refractivity contribution >= 4 is 5.91 Å². The third kappa shape index (κ3) is 2.18. The highest BCUT2D eigenvalue weighted by atomic mass is 16.3. The number of amides is 1. The van der Waals surface area contributed by atoms with Crippen LogP contribution >= 0.6 is 0 Å². The second-order valence-corrected chi connectivity index (χ2v) is 4.65. The van der Waals surface area contributed by atoms with E-state index in [0.29, 0.717) is 6.54 Å². The Labute approximate surface area is 107 Å². The van der Waals surface area contributed by atoms with Gasteiger partial charge in [-0.05, 0) is 32.0 Å². The van der Waals surface area contributed by atoms with E-state index in [1.54, 1.807) is 25.3 Å². The van der Waals surface area contributed by atoms with Crippen molar-refractivity contribution in [3.8, 4) is 0 Å². The molecular formula is C14H18N2O2. The average Bonchev–Trinajstić information content (AvgIpc) is 2.91. The maximum Gasteiger partial charge on any atom is 0.255 e. The minimum atomic E-state index is 0.0359. The molecule has 2 heterocycles. The molecule has 0 radical (unpaired) electrons. The van der Waals surface area contributed by atoms with Gasteiger partial charge >= 0.3 is 0 Å². The molecule has 0 aliphatic rings. The summed E-state index contributed by atoms with van der Waals surface area (Å²) in [7, 11) is 3.53. The van der Waals surface area contributed by atoms with Gasteiger partial charge in [0.15, 0.2) is 0 Å². The second kappa shape index (κ2) is 4.72. The molecule has 1 amide bonds. The zero-order chi connectivity index (χ0) is 13.3. The SMILES string of the molecule is Cc1cc(C(=O)N(C)C)c(C)n1Cc1ccco1. The lowest BCUT2D eigenvalue weighted by molar-refractivity contribution is 0.0827. The van der Waals surface area contributed by atoms with Crippen molar-refractivity contribution in [3.05, 3.63) is 47.2 Å². The van der Waals surface area contributed by atoms with E-state index in [1.165, 1.54) is 0 Å². The molecule has 2 aromatic heterocycles. The number of hydrogen-bond acceptors (Lipinski definition) is 2. The third-order valence-electron chi connectivity index (χ3n) is 3.10. The summed E-state index contributed by atoms with van der Waals surface area (Å²) in [4.78, 5) is 13.6. The lowest BCUT2D eigenvalue weighted by Crippen LogP contribution is -2.22. The van der Waals surface area contributed by atoms with Crippen molar-refractivity contribution in [1.29, 1.82) is 0 Å². The monoisotopic (exact) mass is 246 g/mol. The number of hydrogen-bond donors (Lipinski definition) is 0. The van der Waals surface area contributed by atoms with Crippen LogP contribution in [0.5, 0.6) is 0 Å². The molecular weight excluding hydrogens is 228 g/mol. The Morgan fingerprint density at radius 3 is 2.67 bits per heavy atom. The molecule has 0 spiro atoms. The molecule has 4 heteroatoms. The van der Waals surface area contributed by atoms with Crippen LogP contribution in [-0.2, 0) is 6.54 Å². The van der Waals surface area contributed by atoms with E-state index in [1.807, 2.05) is 32.0 Å². The van der Waals surface area contributed by atoms with Crippen molar-refractivity contribution in [2.24, 2.45) is 0 Å². The quantitative estimate of drug-likeness (QED) is 0.834. The number of nitrogens with zero attached hydrogens (tertiary/aromatic N) is 2. The molecule has 0 N–H and O–H groups in total. The van der Waals surface area contributed by atoms with Gasteiger partial charge in [0.25, 0.3) is 5.91 Å². The van der Waals surface area contributed by atoms with E-state index in [0.717, 1.165) is 22.7 Å². The van der Waals surface area contributed by atoms with Gasteiger partial charge in [-0.1, -0.05) is 0 Å². The summed E-state index contributed by atoms with van der Waals surface area (Å²) in [6, 6.07) is 5.74. The summed E-state index contributed by atoms with van der Waals surface area (Å²) in [6.45, 7) is 4.63. The highest BCUT2D eigenvalue weighted by Gasteiger charge is 2.17. The van der Waals surface area contributed by atoms with Crippen molar-refractivity contribution in [2.45, 2.75) is 20.4 Å². The molecule has 0 atom stereocenters. The molecule has 0 aromatic carbocycles. The first-order valence-electron chi connectivity index (χ1n) is 5.91. The normalized spacial score (nSPS) is 10.7. The Balaban J connectivity index is 2.35. The fourth-order valence-corrected chi connectivity index (χ4v) is 2.06. The summed E-state index contributed by atoms with van der Waals surface area (Å²) in [5.74, 6) is 0.925. The van der Waals surface area contributed by atoms with E-state index in [2.05, 4.69) is 4.57 Å². The van der Waals surface area contributed by atoms with Crippen molar-refractivity contribution in [2.75, 3.05) is 14.1 Å². The number of carbonyl (C=O) groups excluding carboxylic acids is 1. The van der Waals surface area contributed by atoms with Crippen molar-refractivity contribution in [3.63, 3.8) is 0 Å². The first-order valence-corrected chi connectivity index (χ1v) is 5.91. The molecule has 0 aliphatic heterocycles. The van der Waals surface area contributed by atoms with Crippen LogP contribution in [0.1, 0.15) is 27.5 Å². The van der Waals surface area contributed by atoms with Gasteiger partial charge in [-0.2, -0.15) is 0 Å². The first-order chi connectivity index (χ1) is 8.50. The topological polar surface area (TPSA) is 38.4 Å². The van der Waals surface area contributed by atoms with Crippen LogP contribution in [0.15, 0.2) is 28.9 Å². The predicted molar refractivity (Wildman–Crippen MR) is 69.7 cm³/mol. The lowest BCUT2D eigenvalue weighted by Gasteiger charge is -2.11. The molecule has 96 valence electrons. The molecule has 0 aliphatic carbocycles. The Morgan fingerprint density at radius 1 is 1.39 bits per heavy atom. The highest BCUT2D eigenvalue weighted by molar-refractivity contribution is 5.95. The van der Waals surface area contributed by atoms with Crippen LogP contribution in [0, 0.1) is 13.8 Å². The highest BCUT2D eigenvalue weighted by Crippen LogP contribution is 2.18. The van der Waals surface area contributed by atoms with Crippen molar-refractivity contribution < 1.29 is 9.21 Å². The summed E-state index contributed by atoms with van der Waals surface area (Å²) in [6.07, 6.45) is 1.66. The van der Waals surface area contributed by atoms with Crippen LogP contribution in [0.3, 0.4) is 0 Å². The summed E-state index contributed by atoms with van der Waals surface area (Å²) in [5.41, 5.74) is 2.79. The van der Waals surface area contributed by atoms with Gasteiger partial charge < -0.3 is 13.9 Å². The zero-order valence-electron chi connectivity index (χ0n) is 11.2. The minimum absolute atomic E-state index is 0.0359. The van der Waals surface area contributed by atoms with Gasteiger partial charge in [0.05, 0.1) is 18.4 Å². The molecule has 0 unspecified atom stereocenters. The van der Waals surface area contributed by atoms with Crippen LogP contribution in [0.25, 0.3) is 0 Å². The largest absolute Gasteiger partial charge is 0.467 e. The van der Waals surface area contributed by atoms with Crippen LogP contribution in [0.4, 0.5) is 0 Å². The Hall–Kier alpha value is -1.97. The molecule has 0 saturated heterocycles. The number of carbonyl (C=O) groups is 1. The third-order valence-corrected chi connectivity index (χ3v) is 3.10. The molecule has 4 nitrogen and oxygen atoms in total. The van der Waals surface area contributed by atoms with E-state index in [-0.39, 0.29) is 5.91 Å². The van der Waals surface area contributed by atoms with Crippen LogP contribution in [0.2, 0.25) is 0 Å². The number of rotatable bonds is 3. The van der Waals surface area contributed by atoms with Crippen molar-refractivity contribution in [1.82, 2.24) is 9.47 Å². The maximum absolute atomic E-state index is 12.0. The molecule has 0 fully saturated rings. The first kappa shape index (κ1) is 12.5. The maximum atomic E-state index is 12.0. The smallest absolute Gasteiger partial charge is 0.255 e. The van der Waals surface area contributed by atoms with Gasteiger partial charge in [0, 0.05) is 25.5 Å². The molecule has 18 heavy (non-hydrogen) atoms. The standard InChI is InChI=1S/C14H18N2O2/c1-10-8-13(14(17)15(3)4)11(2)16(10)9-12-6-5-7-18-12/h5-8H,9H2,1-4H3. The fraction of sp³-hybridized carbons (Fsp3) is 0.357. The molecule has 0 saturated carbocycles. The van der Waals surface area contributed by atoms with Gasteiger partial charge in [-0.3, -0.25) is 4.79 Å². The zero-order valence-corrected chi connectivity index (χ0v) is 11.2. The molecule has 2 rings (SSSR count). The number of aryl methyl sites for hydroxylation is 1. The van der Waals surface area contributed by atoms with Crippen LogP contribution in [-0.4, -0.2) is 29.5 Å². The Bertz CT molecular complexity index is 551. The average molecular weight is 246 g/mol. The van der Waals surface area contributed by atoms with Gasteiger partial charge in [0.1, 0.15) is 5.76 Å². The second-order valence-electron chi connectivity index (χ2n) is 4.65. The predicted octanol–water partition coefficient (Wildman–Crippen LogP) is 2.45. The number of furan rings is 1. The van der Waals surface area contributed by atoms with Gasteiger partial charge in [-0.15, -0.1) is 0 Å². The Kier molecular flexibility index (Phi) is 3.28. The van der Waals surface area contributed by atoms with E-state index in [4.69, 9.17) is 4.42 Å². The molecule has 2 aromatic rings. The van der Waals surface area contributed by atoms with Gasteiger partial charge in [-0.25, -0.2) is 0 Å². The Morgan fingerprint density at radius 2 is 2.11 bits per heavy atom. The van der Waals surface area contributed by atoms with E-state index >= 15 is 0 Å². The van der Waals surface area contributed by atoms with Gasteiger partial charge in [0.2, 0.25) is 0 Å². The lowest BCUT2D eigenvalue weighted by atomic mass is 10.2. The summed E-state index contributed by atoms with van der Waals surface area (Å²) < 4.78 is 7.44. The number of aromatic nitrogens is 1. The van der Waals surface area contributed by atoms with Crippen LogP contribution < -0.4 is 0 Å².